The van der Waals surface area contributed by atoms with Crippen LogP contribution in [0.2, 0.25) is 0 Å². The molecule has 0 aliphatic carbocycles. The Kier molecular flexibility index (Phi) is 4.20. The summed E-state index contributed by atoms with van der Waals surface area (Å²) in [6.45, 7) is 5.30. The van der Waals surface area contributed by atoms with Gasteiger partial charge in [-0.25, -0.2) is 0 Å². The molecule has 0 amide bonds. The van der Waals surface area contributed by atoms with Crippen molar-refractivity contribution in [2.24, 2.45) is 0 Å². The van der Waals surface area contributed by atoms with Crippen molar-refractivity contribution >= 4 is 5.82 Å². The molecule has 1 fully saturated rings. The van der Waals surface area contributed by atoms with Crippen LogP contribution in [0.4, 0.5) is 5.82 Å². The second-order valence-electron chi connectivity index (χ2n) is 4.37. The van der Waals surface area contributed by atoms with E-state index in [9.17, 15) is 0 Å². The maximum atomic E-state index is 5.17. The predicted octanol–water partition coefficient (Wildman–Crippen LogP) is 1.67. The number of rotatable bonds is 5. The summed E-state index contributed by atoms with van der Waals surface area (Å²) in [6, 6.07) is 6.51. The van der Waals surface area contributed by atoms with Gasteiger partial charge in [-0.3, -0.25) is 0 Å². The van der Waals surface area contributed by atoms with Gasteiger partial charge in [-0.1, -0.05) is 6.07 Å². The molecule has 1 N–H and O–H groups in total. The Morgan fingerprint density at radius 3 is 3.06 bits per heavy atom. The predicted molar refractivity (Wildman–Crippen MR) is 69.7 cm³/mol. The summed E-state index contributed by atoms with van der Waals surface area (Å²) in [5.41, 5.74) is 0. The monoisotopic (exact) mass is 235 g/mol. The number of anilines is 1. The largest absolute Gasteiger partial charge is 0.481 e. The SMILES string of the molecule is CCN(CC1CCCN1)c1cccc(OC)n1. The van der Waals surface area contributed by atoms with Crippen LogP contribution in [0.25, 0.3) is 0 Å². The molecule has 4 heteroatoms. The second kappa shape index (κ2) is 5.87. The third kappa shape index (κ3) is 3.09. The lowest BCUT2D eigenvalue weighted by atomic mass is 10.2. The average molecular weight is 235 g/mol. The van der Waals surface area contributed by atoms with Crippen molar-refractivity contribution in [3.8, 4) is 5.88 Å². The van der Waals surface area contributed by atoms with E-state index in [1.54, 1.807) is 7.11 Å². The smallest absolute Gasteiger partial charge is 0.214 e. The van der Waals surface area contributed by atoms with Crippen molar-refractivity contribution in [2.75, 3.05) is 31.6 Å². The lowest BCUT2D eigenvalue weighted by Gasteiger charge is -2.25. The summed E-state index contributed by atoms with van der Waals surface area (Å²) in [6.07, 6.45) is 2.55. The number of nitrogens with zero attached hydrogens (tertiary/aromatic N) is 2. The minimum atomic E-state index is 0.600. The molecule has 0 aromatic carbocycles. The van der Waals surface area contributed by atoms with Gasteiger partial charge in [0.2, 0.25) is 5.88 Å². The quantitative estimate of drug-likeness (QED) is 0.842. The van der Waals surface area contributed by atoms with Crippen LogP contribution < -0.4 is 15.0 Å². The van der Waals surface area contributed by atoms with E-state index in [1.165, 1.54) is 12.8 Å². The molecule has 1 aromatic rings. The molecule has 4 nitrogen and oxygen atoms in total. The van der Waals surface area contributed by atoms with Crippen LogP contribution in [0.5, 0.6) is 5.88 Å². The van der Waals surface area contributed by atoms with Gasteiger partial charge in [0.05, 0.1) is 7.11 Å². The molecular weight excluding hydrogens is 214 g/mol. The lowest BCUT2D eigenvalue weighted by Crippen LogP contribution is -2.37. The van der Waals surface area contributed by atoms with Crippen molar-refractivity contribution in [2.45, 2.75) is 25.8 Å². The third-order valence-electron chi connectivity index (χ3n) is 3.23. The summed E-state index contributed by atoms with van der Waals surface area (Å²) in [5.74, 6) is 1.68. The first-order valence-corrected chi connectivity index (χ1v) is 6.33. The van der Waals surface area contributed by atoms with Crippen LogP contribution in [0.3, 0.4) is 0 Å². The minimum absolute atomic E-state index is 0.600. The van der Waals surface area contributed by atoms with Crippen LogP contribution in [-0.2, 0) is 0 Å². The molecule has 0 radical (unpaired) electrons. The van der Waals surface area contributed by atoms with Crippen molar-refractivity contribution in [1.82, 2.24) is 10.3 Å². The summed E-state index contributed by atoms with van der Waals surface area (Å²) in [7, 11) is 1.65. The molecule has 1 unspecified atom stereocenters. The van der Waals surface area contributed by atoms with Crippen molar-refractivity contribution in [3.63, 3.8) is 0 Å². The first kappa shape index (κ1) is 12.2. The molecule has 0 spiro atoms. The number of ether oxygens (including phenoxy) is 1. The Labute approximate surface area is 103 Å². The van der Waals surface area contributed by atoms with Gasteiger partial charge in [-0.15, -0.1) is 0 Å². The number of likely N-dealkylation sites (N-methyl/N-ethyl adjacent to an activating group) is 1. The molecule has 0 bridgehead atoms. The van der Waals surface area contributed by atoms with E-state index in [2.05, 4.69) is 22.1 Å². The first-order valence-electron chi connectivity index (χ1n) is 6.33. The number of hydrogen-bond donors (Lipinski definition) is 1. The summed E-state index contributed by atoms with van der Waals surface area (Å²) in [4.78, 5) is 6.78. The standard InChI is InChI=1S/C13H21N3O/c1-3-16(10-11-6-5-9-14-11)12-7-4-8-13(15-12)17-2/h4,7-8,11,14H,3,5-6,9-10H2,1-2H3. The van der Waals surface area contributed by atoms with E-state index in [4.69, 9.17) is 4.74 Å². The van der Waals surface area contributed by atoms with Gasteiger partial charge in [0.15, 0.2) is 0 Å². The number of methoxy groups -OCH3 is 1. The van der Waals surface area contributed by atoms with Crippen LogP contribution in [0.15, 0.2) is 18.2 Å². The van der Waals surface area contributed by atoms with E-state index in [1.807, 2.05) is 18.2 Å². The van der Waals surface area contributed by atoms with Crippen LogP contribution in [0, 0.1) is 0 Å². The molecule has 1 saturated heterocycles. The highest BCUT2D eigenvalue weighted by Gasteiger charge is 2.18. The molecule has 2 heterocycles. The van der Waals surface area contributed by atoms with Crippen molar-refractivity contribution in [3.05, 3.63) is 18.2 Å². The normalized spacial score (nSPS) is 19.3. The van der Waals surface area contributed by atoms with Crippen LogP contribution in [0.1, 0.15) is 19.8 Å². The van der Waals surface area contributed by atoms with Crippen molar-refractivity contribution < 1.29 is 4.74 Å². The number of nitrogens with one attached hydrogen (secondary N) is 1. The molecule has 17 heavy (non-hydrogen) atoms. The van der Waals surface area contributed by atoms with Crippen molar-refractivity contribution in [1.29, 1.82) is 0 Å². The average Bonchev–Trinajstić information content (AvgIpc) is 2.89. The zero-order valence-electron chi connectivity index (χ0n) is 10.6. The maximum absolute atomic E-state index is 5.17. The topological polar surface area (TPSA) is 37.4 Å². The van der Waals surface area contributed by atoms with Gasteiger partial charge in [-0.05, 0) is 32.4 Å². The second-order valence-corrected chi connectivity index (χ2v) is 4.37. The van der Waals surface area contributed by atoms with E-state index in [0.717, 1.165) is 25.5 Å². The highest BCUT2D eigenvalue weighted by atomic mass is 16.5. The molecule has 2 rings (SSSR count). The van der Waals surface area contributed by atoms with E-state index >= 15 is 0 Å². The van der Waals surface area contributed by atoms with Gasteiger partial charge < -0.3 is 15.0 Å². The Bertz CT molecular complexity index is 350. The van der Waals surface area contributed by atoms with Crippen LogP contribution in [-0.4, -0.2) is 37.8 Å². The molecule has 1 aliphatic rings. The molecule has 94 valence electrons. The fourth-order valence-corrected chi connectivity index (χ4v) is 2.26. The zero-order chi connectivity index (χ0) is 12.1. The highest BCUT2D eigenvalue weighted by molar-refractivity contribution is 5.40. The first-order chi connectivity index (χ1) is 8.33. The maximum Gasteiger partial charge on any atom is 0.214 e. The van der Waals surface area contributed by atoms with E-state index < -0.39 is 0 Å². The lowest BCUT2D eigenvalue weighted by molar-refractivity contribution is 0.397. The highest BCUT2D eigenvalue weighted by Crippen LogP contribution is 2.17. The van der Waals surface area contributed by atoms with Crippen LogP contribution >= 0.6 is 0 Å². The molecular formula is C13H21N3O. The number of hydrogen-bond acceptors (Lipinski definition) is 4. The number of pyridine rings is 1. The van der Waals surface area contributed by atoms with E-state index in [-0.39, 0.29) is 0 Å². The Morgan fingerprint density at radius 1 is 1.53 bits per heavy atom. The van der Waals surface area contributed by atoms with Gasteiger partial charge >= 0.3 is 0 Å². The summed E-state index contributed by atoms with van der Waals surface area (Å²) in [5, 5.41) is 3.52. The fourth-order valence-electron chi connectivity index (χ4n) is 2.26. The van der Waals surface area contributed by atoms with Gasteiger partial charge in [0, 0.05) is 25.2 Å². The minimum Gasteiger partial charge on any atom is -0.481 e. The fraction of sp³-hybridized carbons (Fsp3) is 0.615. The van der Waals surface area contributed by atoms with Gasteiger partial charge in [0.1, 0.15) is 5.82 Å². The summed E-state index contributed by atoms with van der Waals surface area (Å²) < 4.78 is 5.17. The van der Waals surface area contributed by atoms with Gasteiger partial charge in [0.25, 0.3) is 0 Å². The molecule has 1 aromatic heterocycles. The van der Waals surface area contributed by atoms with E-state index in [0.29, 0.717) is 11.9 Å². The Balaban J connectivity index is 2.04. The Morgan fingerprint density at radius 2 is 2.41 bits per heavy atom. The molecule has 1 atom stereocenters. The summed E-state index contributed by atoms with van der Waals surface area (Å²) >= 11 is 0. The zero-order valence-corrected chi connectivity index (χ0v) is 10.6. The van der Waals surface area contributed by atoms with Gasteiger partial charge in [-0.2, -0.15) is 4.98 Å². The molecule has 1 aliphatic heterocycles. The third-order valence-corrected chi connectivity index (χ3v) is 3.23. The Hall–Kier alpha value is -1.29. The number of aromatic nitrogens is 1. The molecule has 0 saturated carbocycles.